The smallest absolute Gasteiger partial charge is 0.759 e. The van der Waals surface area contributed by atoms with Crippen molar-refractivity contribution in [2.24, 2.45) is 0 Å². The van der Waals surface area contributed by atoms with Crippen molar-refractivity contribution in [2.75, 3.05) is 0 Å². The van der Waals surface area contributed by atoms with Crippen LogP contribution in [0.2, 0.25) is 0 Å². The zero-order chi connectivity index (χ0) is 19.8. The fourth-order valence-corrected chi connectivity index (χ4v) is 1.42. The second-order valence-corrected chi connectivity index (χ2v) is 5.40. The molecule has 0 atom stereocenters. The van der Waals surface area contributed by atoms with Crippen molar-refractivity contribution < 1.29 is 45.0 Å². The van der Waals surface area contributed by atoms with Gasteiger partial charge in [-0.3, -0.25) is 8.42 Å². The topological polar surface area (TPSA) is 200 Å². The zero-order valence-corrected chi connectivity index (χ0v) is 18.3. The molecule has 0 amide bonds. The minimum Gasteiger partial charge on any atom is -0.759 e. The minimum absolute atomic E-state index is 0. The Balaban J connectivity index is -0.000000140. The molecule has 0 aromatic carbocycles. The third kappa shape index (κ3) is 23.9. The summed E-state index contributed by atoms with van der Waals surface area (Å²) in [7, 11) is -5.17. The molecule has 14 heteroatoms. The molecular formula is C15H30N6NiO6S+2. The standard InChI is InChI=1S/3C5H8N2.Ni.H2O4S.2H2O/c3*1-2-7-4-3-6-5-7;;1-5(2,3)4;;/h3*3-5H,2H2,1H3;;(H2,1,2,3,4);2*1H2/q;;;+2;;;. The fourth-order valence-electron chi connectivity index (χ4n) is 1.42. The van der Waals surface area contributed by atoms with Crippen LogP contribution in [0.1, 0.15) is 20.8 Å². The Labute approximate surface area is 180 Å². The van der Waals surface area contributed by atoms with E-state index in [0.717, 1.165) is 19.6 Å². The molecule has 0 saturated heterocycles. The second-order valence-electron chi connectivity index (χ2n) is 4.59. The van der Waals surface area contributed by atoms with Crippen LogP contribution in [0.25, 0.3) is 0 Å². The van der Waals surface area contributed by atoms with Crippen molar-refractivity contribution in [2.45, 2.75) is 40.4 Å². The van der Waals surface area contributed by atoms with Crippen LogP contribution < -0.4 is 0 Å². The summed E-state index contributed by atoms with van der Waals surface area (Å²) in [6.07, 6.45) is 16.6. The van der Waals surface area contributed by atoms with E-state index in [1.807, 2.05) is 32.3 Å². The van der Waals surface area contributed by atoms with E-state index in [1.54, 1.807) is 37.6 Å². The predicted molar refractivity (Wildman–Crippen MR) is 104 cm³/mol. The van der Waals surface area contributed by atoms with Crippen LogP contribution in [0.5, 0.6) is 0 Å². The number of hydrogen-bond donors (Lipinski definition) is 0. The molecule has 0 saturated carbocycles. The third-order valence-electron chi connectivity index (χ3n) is 2.77. The van der Waals surface area contributed by atoms with Gasteiger partial charge in [0, 0.05) is 67.2 Å². The van der Waals surface area contributed by atoms with Crippen molar-refractivity contribution in [1.82, 2.24) is 28.7 Å². The summed E-state index contributed by atoms with van der Waals surface area (Å²) in [6.45, 7) is 9.30. The number of rotatable bonds is 3. The Bertz CT molecular complexity index is 662. The van der Waals surface area contributed by atoms with E-state index in [9.17, 15) is 0 Å². The van der Waals surface area contributed by atoms with Crippen molar-refractivity contribution in [3.63, 3.8) is 0 Å². The Morgan fingerprint density at radius 3 is 0.966 bits per heavy atom. The summed E-state index contributed by atoms with van der Waals surface area (Å²) in [6, 6.07) is 0. The van der Waals surface area contributed by atoms with E-state index in [-0.39, 0.29) is 27.4 Å². The predicted octanol–water partition coefficient (Wildman–Crippen LogP) is -0.475. The first-order valence-corrected chi connectivity index (χ1v) is 9.17. The van der Waals surface area contributed by atoms with Crippen molar-refractivity contribution in [3.8, 4) is 0 Å². The van der Waals surface area contributed by atoms with Gasteiger partial charge < -0.3 is 33.8 Å². The van der Waals surface area contributed by atoms with Gasteiger partial charge in [0.2, 0.25) is 0 Å². The largest absolute Gasteiger partial charge is 2.00 e. The molecular weight excluding hydrogens is 451 g/mol. The van der Waals surface area contributed by atoms with Gasteiger partial charge in [-0.1, -0.05) is 0 Å². The molecule has 0 aliphatic carbocycles. The molecule has 12 nitrogen and oxygen atoms in total. The Morgan fingerprint density at radius 1 is 0.690 bits per heavy atom. The summed E-state index contributed by atoms with van der Waals surface area (Å²) in [5.41, 5.74) is 0. The fraction of sp³-hybridized carbons (Fsp3) is 0.400. The molecule has 3 aromatic heterocycles. The molecule has 3 rings (SSSR count). The number of aromatic nitrogens is 6. The van der Waals surface area contributed by atoms with E-state index < -0.39 is 10.4 Å². The summed E-state index contributed by atoms with van der Waals surface area (Å²) < 4.78 is 40.1. The number of aryl methyl sites for hydroxylation is 3. The summed E-state index contributed by atoms with van der Waals surface area (Å²) in [5, 5.41) is 0. The molecule has 170 valence electrons. The van der Waals surface area contributed by atoms with Gasteiger partial charge >= 0.3 is 16.5 Å². The Kier molecular flexibility index (Phi) is 24.5. The van der Waals surface area contributed by atoms with Gasteiger partial charge in [0.15, 0.2) is 0 Å². The van der Waals surface area contributed by atoms with E-state index in [2.05, 4.69) is 35.7 Å². The molecule has 0 spiro atoms. The number of imidazole rings is 3. The summed E-state index contributed by atoms with van der Waals surface area (Å²) >= 11 is 0. The molecule has 0 aliphatic heterocycles. The Morgan fingerprint density at radius 2 is 0.897 bits per heavy atom. The minimum atomic E-state index is -5.17. The van der Waals surface area contributed by atoms with Crippen molar-refractivity contribution in [3.05, 3.63) is 56.2 Å². The van der Waals surface area contributed by atoms with Gasteiger partial charge in [-0.25, -0.2) is 15.0 Å². The summed E-state index contributed by atoms with van der Waals surface area (Å²) in [4.78, 5) is 11.6. The maximum atomic E-state index is 8.52. The van der Waals surface area contributed by atoms with E-state index in [4.69, 9.17) is 17.5 Å². The van der Waals surface area contributed by atoms with Gasteiger partial charge in [-0.2, -0.15) is 0 Å². The normalized spacial score (nSPS) is 8.72. The van der Waals surface area contributed by atoms with Crippen LogP contribution >= 0.6 is 0 Å². The monoisotopic (exact) mass is 480 g/mol. The molecule has 3 aromatic rings. The maximum absolute atomic E-state index is 8.52. The quantitative estimate of drug-likeness (QED) is 0.208. The van der Waals surface area contributed by atoms with Crippen molar-refractivity contribution >= 4 is 10.4 Å². The first kappa shape index (κ1) is 34.4. The summed E-state index contributed by atoms with van der Waals surface area (Å²) in [5.74, 6) is 0. The van der Waals surface area contributed by atoms with E-state index >= 15 is 0 Å². The molecule has 0 bridgehead atoms. The van der Waals surface area contributed by atoms with Crippen LogP contribution in [-0.4, -0.2) is 46.2 Å². The molecule has 3 heterocycles. The van der Waals surface area contributed by atoms with Crippen LogP contribution in [0.4, 0.5) is 0 Å². The van der Waals surface area contributed by atoms with Crippen LogP contribution in [0.3, 0.4) is 0 Å². The first-order valence-electron chi connectivity index (χ1n) is 7.84. The van der Waals surface area contributed by atoms with Crippen LogP contribution in [0, 0.1) is 0 Å². The van der Waals surface area contributed by atoms with Gasteiger partial charge in [-0.05, 0) is 20.8 Å². The van der Waals surface area contributed by atoms with Gasteiger partial charge in [0.05, 0.1) is 19.0 Å². The van der Waals surface area contributed by atoms with E-state index in [0.29, 0.717) is 0 Å². The molecule has 29 heavy (non-hydrogen) atoms. The number of hydrogen-bond acceptors (Lipinski definition) is 7. The molecule has 0 fully saturated rings. The van der Waals surface area contributed by atoms with Gasteiger partial charge in [0.1, 0.15) is 0 Å². The zero-order valence-electron chi connectivity index (χ0n) is 16.5. The van der Waals surface area contributed by atoms with E-state index in [1.165, 1.54) is 0 Å². The Hall–Kier alpha value is -2.09. The molecule has 0 radical (unpaired) electrons. The first-order chi connectivity index (χ1) is 12.3. The SMILES string of the molecule is CCn1ccnc1.CCn1ccnc1.CCn1ccnc1.O=S(=O)([O-])[O-].[Ni+2].[OH3+].[OH3+]. The van der Waals surface area contributed by atoms with Crippen LogP contribution in [0.15, 0.2) is 56.2 Å². The molecule has 0 unspecified atom stereocenters. The van der Waals surface area contributed by atoms with Crippen LogP contribution in [-0.2, 0) is 57.5 Å². The maximum Gasteiger partial charge on any atom is 2.00 e. The molecule has 0 aliphatic rings. The van der Waals surface area contributed by atoms with Gasteiger partial charge in [-0.15, -0.1) is 0 Å². The third-order valence-corrected chi connectivity index (χ3v) is 2.77. The van der Waals surface area contributed by atoms with Gasteiger partial charge in [0.25, 0.3) is 0 Å². The number of nitrogens with zero attached hydrogens (tertiary/aromatic N) is 6. The van der Waals surface area contributed by atoms with Crippen molar-refractivity contribution in [1.29, 1.82) is 0 Å². The average molecular weight is 481 g/mol. The average Bonchev–Trinajstić information content (AvgIpc) is 3.37. The second kappa shape index (κ2) is 20.6. The molecule has 6 N–H and O–H groups in total.